The predicted molar refractivity (Wildman–Crippen MR) is 81.2 cm³/mol. The van der Waals surface area contributed by atoms with E-state index in [2.05, 4.69) is 51.0 Å². The second-order valence-electron chi connectivity index (χ2n) is 5.24. The van der Waals surface area contributed by atoms with Crippen molar-refractivity contribution in [3.05, 3.63) is 47.3 Å². The average Bonchev–Trinajstić information content (AvgIpc) is 2.33. The highest BCUT2D eigenvalue weighted by atomic mass is 15.4. The first-order valence-corrected chi connectivity index (χ1v) is 6.59. The summed E-state index contributed by atoms with van der Waals surface area (Å²) in [5, 5.41) is 1.69. The van der Waals surface area contributed by atoms with Crippen LogP contribution < -0.4 is 11.6 Å². The van der Waals surface area contributed by atoms with Gasteiger partial charge in [-0.2, -0.15) is 0 Å². The normalized spacial score (nSPS) is 13.2. The molecule has 1 unspecified atom stereocenters. The summed E-state index contributed by atoms with van der Waals surface area (Å²) >= 11 is 0. The number of benzene rings is 1. The standard InChI is InChI=1S/C15H26N4/c1-12-5-6-14(11-13(12)2)15(7-9-18(3)4)19(17)10-8-16/h5-6,8,10-11,15H,7,9,16-17H2,1-4H3/b10-8-. The molecule has 1 rings (SSSR count). The van der Waals surface area contributed by atoms with Gasteiger partial charge in [-0.15, -0.1) is 0 Å². The zero-order valence-electron chi connectivity index (χ0n) is 12.4. The molecule has 0 saturated carbocycles. The second kappa shape index (κ2) is 7.16. The summed E-state index contributed by atoms with van der Waals surface area (Å²) in [7, 11) is 4.13. The van der Waals surface area contributed by atoms with Crippen molar-refractivity contribution in [1.82, 2.24) is 9.91 Å². The van der Waals surface area contributed by atoms with Crippen LogP contribution in [0.15, 0.2) is 30.6 Å². The topological polar surface area (TPSA) is 58.5 Å². The third kappa shape index (κ3) is 4.58. The second-order valence-corrected chi connectivity index (χ2v) is 5.24. The molecule has 106 valence electrons. The van der Waals surface area contributed by atoms with Crippen LogP contribution in [0.1, 0.15) is 29.2 Å². The highest BCUT2D eigenvalue weighted by molar-refractivity contribution is 5.32. The highest BCUT2D eigenvalue weighted by Gasteiger charge is 2.16. The van der Waals surface area contributed by atoms with E-state index >= 15 is 0 Å². The molecule has 19 heavy (non-hydrogen) atoms. The lowest BCUT2D eigenvalue weighted by atomic mass is 9.98. The Morgan fingerprint density at radius 3 is 2.42 bits per heavy atom. The molecule has 0 spiro atoms. The van der Waals surface area contributed by atoms with E-state index in [1.807, 2.05) is 0 Å². The Hall–Kier alpha value is -1.52. The zero-order chi connectivity index (χ0) is 14.4. The molecule has 4 heteroatoms. The quantitative estimate of drug-likeness (QED) is 0.607. The van der Waals surface area contributed by atoms with Crippen LogP contribution in [0.5, 0.6) is 0 Å². The first kappa shape index (κ1) is 15.5. The largest absolute Gasteiger partial charge is 0.403 e. The fourth-order valence-electron chi connectivity index (χ4n) is 2.04. The Balaban J connectivity index is 2.96. The van der Waals surface area contributed by atoms with Crippen molar-refractivity contribution in [3.8, 4) is 0 Å². The third-order valence-electron chi connectivity index (χ3n) is 3.38. The summed E-state index contributed by atoms with van der Waals surface area (Å²) in [5.74, 6) is 6.08. The van der Waals surface area contributed by atoms with Gasteiger partial charge < -0.3 is 15.6 Å². The number of nitrogens with zero attached hydrogens (tertiary/aromatic N) is 2. The van der Waals surface area contributed by atoms with E-state index < -0.39 is 0 Å². The first-order chi connectivity index (χ1) is 8.95. The lowest BCUT2D eigenvalue weighted by Crippen LogP contribution is -2.32. The Morgan fingerprint density at radius 2 is 1.89 bits per heavy atom. The average molecular weight is 262 g/mol. The van der Waals surface area contributed by atoms with Gasteiger partial charge in [-0.1, -0.05) is 18.2 Å². The van der Waals surface area contributed by atoms with Crippen molar-refractivity contribution < 1.29 is 0 Å². The lowest BCUT2D eigenvalue weighted by molar-refractivity contribution is 0.247. The third-order valence-corrected chi connectivity index (χ3v) is 3.38. The first-order valence-electron chi connectivity index (χ1n) is 6.59. The van der Waals surface area contributed by atoms with Gasteiger partial charge in [0.2, 0.25) is 0 Å². The molecule has 0 fully saturated rings. The molecule has 0 heterocycles. The van der Waals surface area contributed by atoms with E-state index in [9.17, 15) is 0 Å². The summed E-state index contributed by atoms with van der Waals surface area (Å²) in [6.07, 6.45) is 4.15. The van der Waals surface area contributed by atoms with Crippen molar-refractivity contribution in [3.63, 3.8) is 0 Å². The Kier molecular flexibility index (Phi) is 5.86. The van der Waals surface area contributed by atoms with E-state index in [4.69, 9.17) is 11.6 Å². The van der Waals surface area contributed by atoms with E-state index in [0.717, 1.165) is 13.0 Å². The molecule has 0 aliphatic carbocycles. The summed E-state index contributed by atoms with van der Waals surface area (Å²) < 4.78 is 0. The summed E-state index contributed by atoms with van der Waals surface area (Å²) in [6, 6.07) is 6.64. The number of rotatable bonds is 6. The molecule has 1 atom stereocenters. The summed E-state index contributed by atoms with van der Waals surface area (Å²) in [5.41, 5.74) is 9.26. The minimum absolute atomic E-state index is 0.140. The number of hydrogen-bond acceptors (Lipinski definition) is 4. The van der Waals surface area contributed by atoms with Crippen LogP contribution in [0.2, 0.25) is 0 Å². The molecule has 0 amide bonds. The van der Waals surface area contributed by atoms with Crippen molar-refractivity contribution in [2.24, 2.45) is 11.6 Å². The van der Waals surface area contributed by atoms with Crippen molar-refractivity contribution in [2.75, 3.05) is 20.6 Å². The minimum atomic E-state index is 0.140. The Morgan fingerprint density at radius 1 is 1.21 bits per heavy atom. The van der Waals surface area contributed by atoms with Gasteiger partial charge in [-0.25, -0.2) is 5.84 Å². The maximum absolute atomic E-state index is 6.08. The van der Waals surface area contributed by atoms with Gasteiger partial charge in [0, 0.05) is 12.4 Å². The van der Waals surface area contributed by atoms with Crippen LogP contribution in [-0.4, -0.2) is 30.5 Å². The predicted octanol–water partition coefficient (Wildman–Crippen LogP) is 1.90. The van der Waals surface area contributed by atoms with Crippen LogP contribution in [0.3, 0.4) is 0 Å². The molecule has 0 radical (unpaired) electrons. The molecule has 0 saturated heterocycles. The monoisotopic (exact) mass is 262 g/mol. The Labute approximate surface area is 116 Å². The highest BCUT2D eigenvalue weighted by Crippen LogP contribution is 2.24. The van der Waals surface area contributed by atoms with Crippen molar-refractivity contribution in [1.29, 1.82) is 0 Å². The van der Waals surface area contributed by atoms with Gasteiger partial charge in [0.15, 0.2) is 0 Å². The minimum Gasteiger partial charge on any atom is -0.403 e. The van der Waals surface area contributed by atoms with Crippen LogP contribution in [0.25, 0.3) is 0 Å². The SMILES string of the molecule is Cc1ccc(C(CCN(C)C)N(N)/C=C\N)cc1C. The fourth-order valence-corrected chi connectivity index (χ4v) is 2.04. The van der Waals surface area contributed by atoms with Gasteiger partial charge in [0.05, 0.1) is 6.04 Å². The summed E-state index contributed by atoms with van der Waals surface area (Å²) in [6.45, 7) is 5.22. The number of nitrogens with two attached hydrogens (primary N) is 2. The Bertz CT molecular complexity index is 426. The molecule has 0 bridgehead atoms. The summed E-state index contributed by atoms with van der Waals surface area (Å²) in [4.78, 5) is 2.16. The molecule has 1 aromatic rings. The van der Waals surface area contributed by atoms with Crippen LogP contribution >= 0.6 is 0 Å². The van der Waals surface area contributed by atoms with E-state index in [0.29, 0.717) is 0 Å². The molecular weight excluding hydrogens is 236 g/mol. The van der Waals surface area contributed by atoms with E-state index in [1.165, 1.54) is 22.9 Å². The molecule has 4 N–H and O–H groups in total. The number of aryl methyl sites for hydroxylation is 2. The van der Waals surface area contributed by atoms with Gasteiger partial charge >= 0.3 is 0 Å². The maximum Gasteiger partial charge on any atom is 0.0707 e. The number of hydrogen-bond donors (Lipinski definition) is 2. The smallest absolute Gasteiger partial charge is 0.0707 e. The van der Waals surface area contributed by atoms with Gasteiger partial charge in [-0.05, 0) is 57.6 Å². The van der Waals surface area contributed by atoms with Crippen LogP contribution in [-0.2, 0) is 0 Å². The molecule has 0 aromatic heterocycles. The molecule has 0 aliphatic heterocycles. The van der Waals surface area contributed by atoms with E-state index in [-0.39, 0.29) is 6.04 Å². The van der Waals surface area contributed by atoms with Crippen molar-refractivity contribution in [2.45, 2.75) is 26.3 Å². The molecule has 1 aromatic carbocycles. The molecular formula is C15H26N4. The number of hydrazine groups is 1. The molecule has 0 aliphatic rings. The fraction of sp³-hybridized carbons (Fsp3) is 0.467. The molecule has 4 nitrogen and oxygen atoms in total. The van der Waals surface area contributed by atoms with Gasteiger partial charge in [-0.3, -0.25) is 0 Å². The van der Waals surface area contributed by atoms with Crippen LogP contribution in [0.4, 0.5) is 0 Å². The maximum atomic E-state index is 6.08. The van der Waals surface area contributed by atoms with Crippen LogP contribution in [0, 0.1) is 13.8 Å². The van der Waals surface area contributed by atoms with Gasteiger partial charge in [0.25, 0.3) is 0 Å². The van der Waals surface area contributed by atoms with Crippen molar-refractivity contribution >= 4 is 0 Å². The van der Waals surface area contributed by atoms with Gasteiger partial charge in [0.1, 0.15) is 0 Å². The lowest BCUT2D eigenvalue weighted by Gasteiger charge is -2.28. The zero-order valence-corrected chi connectivity index (χ0v) is 12.4. The van der Waals surface area contributed by atoms with E-state index in [1.54, 1.807) is 11.2 Å².